The fourth-order valence-electron chi connectivity index (χ4n) is 1.29. The second-order valence-corrected chi connectivity index (χ2v) is 4.22. The zero-order valence-electron chi connectivity index (χ0n) is 8.93. The molecule has 2 aromatic heterocycles. The van der Waals surface area contributed by atoms with Gasteiger partial charge < -0.3 is 0 Å². The minimum Gasteiger partial charge on any atom is -0.202 e. The van der Waals surface area contributed by atoms with E-state index < -0.39 is 0 Å². The summed E-state index contributed by atoms with van der Waals surface area (Å²) in [5.74, 6) is 1.62. The van der Waals surface area contributed by atoms with Gasteiger partial charge >= 0.3 is 0 Å². The van der Waals surface area contributed by atoms with Crippen molar-refractivity contribution in [2.75, 3.05) is 0 Å². The molecule has 0 atom stereocenters. The molecule has 2 rings (SSSR count). The summed E-state index contributed by atoms with van der Waals surface area (Å²) < 4.78 is 1.76. The highest BCUT2D eigenvalue weighted by molar-refractivity contribution is 7.12. The molecule has 2 heterocycles. The average molecular weight is 220 g/mol. The van der Waals surface area contributed by atoms with Gasteiger partial charge in [0, 0.05) is 0 Å². The smallest absolute Gasteiger partial charge is 0.151 e. The van der Waals surface area contributed by atoms with Gasteiger partial charge in [0.05, 0.1) is 10.6 Å². The van der Waals surface area contributed by atoms with E-state index in [2.05, 4.69) is 21.4 Å². The van der Waals surface area contributed by atoms with Gasteiger partial charge in [-0.2, -0.15) is 5.10 Å². The SMILES string of the molecule is C/C(=N/n1c(C)nnc1C)c1cccs1. The topological polar surface area (TPSA) is 43.1 Å². The highest BCUT2D eigenvalue weighted by Crippen LogP contribution is 2.11. The first-order chi connectivity index (χ1) is 7.18. The van der Waals surface area contributed by atoms with Crippen molar-refractivity contribution in [1.82, 2.24) is 14.9 Å². The van der Waals surface area contributed by atoms with Crippen molar-refractivity contribution < 1.29 is 0 Å². The summed E-state index contributed by atoms with van der Waals surface area (Å²) in [5, 5.41) is 14.4. The van der Waals surface area contributed by atoms with Crippen molar-refractivity contribution >= 4 is 17.0 Å². The third kappa shape index (κ3) is 1.97. The molecule has 0 unspecified atom stereocenters. The van der Waals surface area contributed by atoms with Crippen LogP contribution in [0.4, 0.5) is 0 Å². The molecular weight excluding hydrogens is 208 g/mol. The predicted molar refractivity (Wildman–Crippen MR) is 61.4 cm³/mol. The molecule has 2 aromatic rings. The summed E-state index contributed by atoms with van der Waals surface area (Å²) in [6.45, 7) is 5.78. The van der Waals surface area contributed by atoms with Gasteiger partial charge in [0.15, 0.2) is 11.6 Å². The number of thiophene rings is 1. The molecule has 0 fully saturated rings. The van der Waals surface area contributed by atoms with Crippen LogP contribution in [0, 0.1) is 13.8 Å². The van der Waals surface area contributed by atoms with Gasteiger partial charge in [-0.1, -0.05) is 6.07 Å². The van der Waals surface area contributed by atoms with Crippen LogP contribution in [0.1, 0.15) is 23.4 Å². The molecule has 0 aliphatic carbocycles. The van der Waals surface area contributed by atoms with Crippen molar-refractivity contribution in [2.45, 2.75) is 20.8 Å². The molecule has 0 aromatic carbocycles. The van der Waals surface area contributed by atoms with E-state index in [-0.39, 0.29) is 0 Å². The highest BCUT2D eigenvalue weighted by Gasteiger charge is 2.04. The lowest BCUT2D eigenvalue weighted by atomic mass is 10.3. The molecule has 0 radical (unpaired) electrons. The molecular formula is C10H12N4S. The first-order valence-electron chi connectivity index (χ1n) is 4.66. The second kappa shape index (κ2) is 3.94. The van der Waals surface area contributed by atoms with Crippen LogP contribution in [-0.4, -0.2) is 20.6 Å². The monoisotopic (exact) mass is 220 g/mol. The lowest BCUT2D eigenvalue weighted by molar-refractivity contribution is 0.794. The fourth-order valence-corrected chi connectivity index (χ4v) is 1.96. The molecule has 0 N–H and O–H groups in total. The molecule has 0 bridgehead atoms. The van der Waals surface area contributed by atoms with Gasteiger partial charge in [0.2, 0.25) is 0 Å². The van der Waals surface area contributed by atoms with E-state index in [0.29, 0.717) is 0 Å². The van der Waals surface area contributed by atoms with Crippen molar-refractivity contribution in [1.29, 1.82) is 0 Å². The van der Waals surface area contributed by atoms with E-state index >= 15 is 0 Å². The van der Waals surface area contributed by atoms with Crippen LogP contribution in [-0.2, 0) is 0 Å². The number of aromatic nitrogens is 3. The van der Waals surface area contributed by atoms with Crippen LogP contribution >= 0.6 is 11.3 Å². The van der Waals surface area contributed by atoms with Gasteiger partial charge in [-0.05, 0) is 32.2 Å². The molecule has 0 saturated heterocycles. The minimum absolute atomic E-state index is 0.809. The normalized spacial score (nSPS) is 12.1. The molecule has 0 aliphatic rings. The fraction of sp³-hybridized carbons (Fsp3) is 0.300. The Labute approximate surface area is 92.3 Å². The van der Waals surface area contributed by atoms with E-state index in [4.69, 9.17) is 0 Å². The molecule has 0 amide bonds. The number of aryl methyl sites for hydroxylation is 2. The third-order valence-electron chi connectivity index (χ3n) is 2.08. The van der Waals surface area contributed by atoms with Crippen molar-refractivity contribution in [3.8, 4) is 0 Å². The van der Waals surface area contributed by atoms with E-state index in [1.165, 1.54) is 4.88 Å². The second-order valence-electron chi connectivity index (χ2n) is 3.27. The molecule has 0 spiro atoms. The summed E-state index contributed by atoms with van der Waals surface area (Å²) in [7, 11) is 0. The third-order valence-corrected chi connectivity index (χ3v) is 3.06. The Morgan fingerprint density at radius 2 is 2.00 bits per heavy atom. The number of hydrogen-bond donors (Lipinski definition) is 0. The molecule has 78 valence electrons. The van der Waals surface area contributed by atoms with Crippen LogP contribution in [0.5, 0.6) is 0 Å². The summed E-state index contributed by atoms with van der Waals surface area (Å²) in [4.78, 5) is 1.17. The van der Waals surface area contributed by atoms with E-state index in [1.54, 1.807) is 16.0 Å². The highest BCUT2D eigenvalue weighted by atomic mass is 32.1. The van der Waals surface area contributed by atoms with Crippen molar-refractivity contribution in [3.05, 3.63) is 34.0 Å². The average Bonchev–Trinajstić information content (AvgIpc) is 2.82. The first-order valence-corrected chi connectivity index (χ1v) is 5.54. The van der Waals surface area contributed by atoms with Gasteiger partial charge in [-0.15, -0.1) is 21.5 Å². The maximum Gasteiger partial charge on any atom is 0.151 e. The molecule has 0 aliphatic heterocycles. The standard InChI is InChI=1S/C10H12N4S/c1-7(10-5-4-6-15-10)13-14-8(2)11-12-9(14)3/h4-6H,1-3H3/b13-7-. The Kier molecular flexibility index (Phi) is 2.64. The number of rotatable bonds is 2. The van der Waals surface area contributed by atoms with Gasteiger partial charge in [-0.3, -0.25) is 0 Å². The predicted octanol–water partition coefficient (Wildman–Crippen LogP) is 2.23. The zero-order valence-corrected chi connectivity index (χ0v) is 9.75. The Hall–Kier alpha value is -1.49. The van der Waals surface area contributed by atoms with Gasteiger partial charge in [0.25, 0.3) is 0 Å². The van der Waals surface area contributed by atoms with Crippen molar-refractivity contribution in [3.63, 3.8) is 0 Å². The summed E-state index contributed by atoms with van der Waals surface area (Å²) >= 11 is 1.68. The molecule has 5 heteroatoms. The van der Waals surface area contributed by atoms with Crippen LogP contribution in [0.15, 0.2) is 22.6 Å². The summed E-state index contributed by atoms with van der Waals surface area (Å²) in [6.07, 6.45) is 0. The van der Waals surface area contributed by atoms with Gasteiger partial charge in [-0.25, -0.2) is 4.68 Å². The van der Waals surface area contributed by atoms with Crippen LogP contribution < -0.4 is 0 Å². The van der Waals surface area contributed by atoms with E-state index in [0.717, 1.165) is 17.4 Å². The Balaban J connectivity index is 2.39. The van der Waals surface area contributed by atoms with E-state index in [9.17, 15) is 0 Å². The Bertz CT molecular complexity index is 462. The minimum atomic E-state index is 0.809. The van der Waals surface area contributed by atoms with Crippen LogP contribution in [0.25, 0.3) is 0 Å². The lowest BCUT2D eigenvalue weighted by Crippen LogP contribution is -2.01. The number of hydrogen-bond acceptors (Lipinski definition) is 4. The number of nitrogens with zero attached hydrogens (tertiary/aromatic N) is 4. The largest absolute Gasteiger partial charge is 0.202 e. The Morgan fingerprint density at radius 1 is 1.33 bits per heavy atom. The molecule has 4 nitrogen and oxygen atoms in total. The first kappa shape index (κ1) is 10.0. The molecule has 0 saturated carbocycles. The van der Waals surface area contributed by atoms with Crippen LogP contribution in [0.2, 0.25) is 0 Å². The maximum absolute atomic E-state index is 4.48. The summed E-state index contributed by atoms with van der Waals surface area (Å²) in [5.41, 5.74) is 0.982. The Morgan fingerprint density at radius 3 is 2.53 bits per heavy atom. The quantitative estimate of drug-likeness (QED) is 0.728. The van der Waals surface area contributed by atoms with Crippen molar-refractivity contribution in [2.24, 2.45) is 5.10 Å². The van der Waals surface area contributed by atoms with Gasteiger partial charge in [0.1, 0.15) is 0 Å². The maximum atomic E-state index is 4.48. The molecule has 15 heavy (non-hydrogen) atoms. The summed E-state index contributed by atoms with van der Waals surface area (Å²) in [6, 6.07) is 4.07. The van der Waals surface area contributed by atoms with E-state index in [1.807, 2.05) is 32.2 Å². The zero-order chi connectivity index (χ0) is 10.8. The van der Waals surface area contributed by atoms with Crippen LogP contribution in [0.3, 0.4) is 0 Å². The lowest BCUT2D eigenvalue weighted by Gasteiger charge is -2.00.